The first-order valence-corrected chi connectivity index (χ1v) is 6.13. The van der Waals surface area contributed by atoms with Crippen molar-refractivity contribution < 1.29 is 4.74 Å². The largest absolute Gasteiger partial charge is 0.383 e. The highest BCUT2D eigenvalue weighted by Gasteiger charge is 2.02. The van der Waals surface area contributed by atoms with Gasteiger partial charge in [-0.05, 0) is 24.3 Å². The number of benzene rings is 1. The number of nitrogens with two attached hydrogens (primary N) is 1. The minimum atomic E-state index is 0.105. The molecule has 0 fully saturated rings. The van der Waals surface area contributed by atoms with Crippen molar-refractivity contribution in [2.75, 3.05) is 19.5 Å². The average molecular weight is 276 g/mol. The summed E-state index contributed by atoms with van der Waals surface area (Å²) in [4.78, 5) is 1.24. The molecule has 78 valence electrons. The van der Waals surface area contributed by atoms with Gasteiger partial charge in [-0.2, -0.15) is 0 Å². The molecule has 1 unspecified atom stereocenters. The minimum absolute atomic E-state index is 0.105. The first-order chi connectivity index (χ1) is 6.72. The fourth-order valence-electron chi connectivity index (χ4n) is 0.996. The fourth-order valence-corrected chi connectivity index (χ4v) is 2.09. The molecule has 0 aromatic heterocycles. The van der Waals surface area contributed by atoms with Crippen LogP contribution in [0.15, 0.2) is 33.6 Å². The van der Waals surface area contributed by atoms with Gasteiger partial charge in [-0.15, -0.1) is 11.8 Å². The van der Waals surface area contributed by atoms with Crippen LogP contribution in [0.5, 0.6) is 0 Å². The lowest BCUT2D eigenvalue weighted by Crippen LogP contribution is -2.27. The first kappa shape index (κ1) is 12.0. The molecule has 1 atom stereocenters. The monoisotopic (exact) mass is 275 g/mol. The van der Waals surface area contributed by atoms with Crippen LogP contribution in [0, 0.1) is 0 Å². The lowest BCUT2D eigenvalue weighted by molar-refractivity contribution is 0.186. The summed E-state index contributed by atoms with van der Waals surface area (Å²) in [6.45, 7) is 0.615. The molecule has 0 bridgehead atoms. The number of hydrogen-bond donors (Lipinski definition) is 1. The summed E-state index contributed by atoms with van der Waals surface area (Å²) in [6, 6.07) is 8.32. The number of thioether (sulfide) groups is 1. The Morgan fingerprint density at radius 3 is 2.64 bits per heavy atom. The van der Waals surface area contributed by atoms with Gasteiger partial charge in [0.1, 0.15) is 0 Å². The van der Waals surface area contributed by atoms with Crippen LogP contribution in [-0.4, -0.2) is 25.5 Å². The SMILES string of the molecule is COCC(N)CSc1ccc(Br)cc1. The maximum atomic E-state index is 5.81. The van der Waals surface area contributed by atoms with Crippen LogP contribution in [0.1, 0.15) is 0 Å². The van der Waals surface area contributed by atoms with Gasteiger partial charge in [-0.25, -0.2) is 0 Å². The number of methoxy groups -OCH3 is 1. The summed E-state index contributed by atoms with van der Waals surface area (Å²) < 4.78 is 6.07. The Hall–Kier alpha value is -0.0300. The lowest BCUT2D eigenvalue weighted by atomic mass is 10.4. The molecule has 0 saturated heterocycles. The van der Waals surface area contributed by atoms with Crippen molar-refractivity contribution in [3.8, 4) is 0 Å². The first-order valence-electron chi connectivity index (χ1n) is 4.35. The smallest absolute Gasteiger partial charge is 0.0621 e. The van der Waals surface area contributed by atoms with Gasteiger partial charge in [0.15, 0.2) is 0 Å². The molecule has 0 aliphatic heterocycles. The molecular formula is C10H14BrNOS. The van der Waals surface area contributed by atoms with Gasteiger partial charge in [0.05, 0.1) is 6.61 Å². The lowest BCUT2D eigenvalue weighted by Gasteiger charge is -2.09. The van der Waals surface area contributed by atoms with Crippen LogP contribution in [-0.2, 0) is 4.74 Å². The molecule has 1 rings (SSSR count). The highest BCUT2D eigenvalue weighted by molar-refractivity contribution is 9.10. The molecule has 0 aliphatic rings. The molecular weight excluding hydrogens is 262 g/mol. The number of ether oxygens (including phenoxy) is 1. The Morgan fingerprint density at radius 1 is 1.43 bits per heavy atom. The molecule has 0 aliphatic carbocycles. The summed E-state index contributed by atoms with van der Waals surface area (Å²) in [5, 5.41) is 0. The average Bonchev–Trinajstić information content (AvgIpc) is 2.17. The molecule has 0 amide bonds. The topological polar surface area (TPSA) is 35.2 Å². The maximum Gasteiger partial charge on any atom is 0.0621 e. The van der Waals surface area contributed by atoms with E-state index < -0.39 is 0 Å². The third-order valence-corrected chi connectivity index (χ3v) is 3.39. The zero-order valence-corrected chi connectivity index (χ0v) is 10.5. The van der Waals surface area contributed by atoms with Gasteiger partial charge in [0.25, 0.3) is 0 Å². The second-order valence-electron chi connectivity index (χ2n) is 2.98. The van der Waals surface area contributed by atoms with Gasteiger partial charge in [-0.1, -0.05) is 15.9 Å². The number of halogens is 1. The maximum absolute atomic E-state index is 5.81. The molecule has 0 heterocycles. The third-order valence-electron chi connectivity index (χ3n) is 1.66. The van der Waals surface area contributed by atoms with Gasteiger partial charge in [-0.3, -0.25) is 0 Å². The second kappa shape index (κ2) is 6.45. The van der Waals surface area contributed by atoms with Crippen molar-refractivity contribution in [1.29, 1.82) is 0 Å². The number of rotatable bonds is 5. The molecule has 14 heavy (non-hydrogen) atoms. The van der Waals surface area contributed by atoms with Crippen molar-refractivity contribution in [2.45, 2.75) is 10.9 Å². The van der Waals surface area contributed by atoms with Crippen molar-refractivity contribution in [3.05, 3.63) is 28.7 Å². The van der Waals surface area contributed by atoms with Crippen LogP contribution in [0.25, 0.3) is 0 Å². The van der Waals surface area contributed by atoms with E-state index in [4.69, 9.17) is 10.5 Å². The van der Waals surface area contributed by atoms with Gasteiger partial charge in [0.2, 0.25) is 0 Å². The van der Waals surface area contributed by atoms with E-state index >= 15 is 0 Å². The highest BCUT2D eigenvalue weighted by Crippen LogP contribution is 2.20. The molecule has 4 heteroatoms. The van der Waals surface area contributed by atoms with Crippen molar-refractivity contribution in [2.24, 2.45) is 5.73 Å². The van der Waals surface area contributed by atoms with E-state index in [1.54, 1.807) is 18.9 Å². The van der Waals surface area contributed by atoms with Crippen LogP contribution < -0.4 is 5.73 Å². The van der Waals surface area contributed by atoms with E-state index in [-0.39, 0.29) is 6.04 Å². The fraction of sp³-hybridized carbons (Fsp3) is 0.400. The standard InChI is InChI=1S/C10H14BrNOS/c1-13-6-9(12)7-14-10-4-2-8(11)3-5-10/h2-5,9H,6-7,12H2,1H3. The number of hydrogen-bond acceptors (Lipinski definition) is 3. The van der Waals surface area contributed by atoms with Crippen LogP contribution in [0.4, 0.5) is 0 Å². The van der Waals surface area contributed by atoms with Crippen LogP contribution in [0.3, 0.4) is 0 Å². The van der Waals surface area contributed by atoms with E-state index in [9.17, 15) is 0 Å². The van der Waals surface area contributed by atoms with Crippen molar-refractivity contribution >= 4 is 27.7 Å². The van der Waals surface area contributed by atoms with E-state index in [0.717, 1.165) is 10.2 Å². The zero-order valence-electron chi connectivity index (χ0n) is 8.07. The Balaban J connectivity index is 2.34. The van der Waals surface area contributed by atoms with Crippen molar-refractivity contribution in [1.82, 2.24) is 0 Å². The molecule has 0 spiro atoms. The predicted octanol–water partition coefficient (Wildman–Crippen LogP) is 2.51. The summed E-state index contributed by atoms with van der Waals surface area (Å²) in [5.74, 6) is 0.884. The molecule has 2 N–H and O–H groups in total. The summed E-state index contributed by atoms with van der Waals surface area (Å²) in [6.07, 6.45) is 0. The van der Waals surface area contributed by atoms with E-state index in [0.29, 0.717) is 6.61 Å². The summed E-state index contributed by atoms with van der Waals surface area (Å²) in [5.41, 5.74) is 5.81. The van der Waals surface area contributed by atoms with Gasteiger partial charge >= 0.3 is 0 Å². The third kappa shape index (κ3) is 4.46. The molecule has 0 saturated carbocycles. The molecule has 1 aromatic rings. The Morgan fingerprint density at radius 2 is 2.07 bits per heavy atom. The Bertz CT molecular complexity index is 265. The van der Waals surface area contributed by atoms with E-state index in [1.807, 2.05) is 12.1 Å². The Labute approximate surface area is 97.3 Å². The Kier molecular flexibility index (Phi) is 5.55. The van der Waals surface area contributed by atoms with Crippen LogP contribution >= 0.6 is 27.7 Å². The zero-order chi connectivity index (χ0) is 10.4. The van der Waals surface area contributed by atoms with E-state index in [2.05, 4.69) is 28.1 Å². The van der Waals surface area contributed by atoms with Crippen LogP contribution in [0.2, 0.25) is 0 Å². The summed E-state index contributed by atoms with van der Waals surface area (Å²) in [7, 11) is 1.67. The quantitative estimate of drug-likeness (QED) is 0.839. The molecule has 1 aromatic carbocycles. The highest BCUT2D eigenvalue weighted by atomic mass is 79.9. The molecule has 0 radical (unpaired) electrons. The normalized spacial score (nSPS) is 12.8. The van der Waals surface area contributed by atoms with Gasteiger partial charge in [0, 0.05) is 28.3 Å². The van der Waals surface area contributed by atoms with Gasteiger partial charge < -0.3 is 10.5 Å². The molecule has 2 nitrogen and oxygen atoms in total. The minimum Gasteiger partial charge on any atom is -0.383 e. The second-order valence-corrected chi connectivity index (χ2v) is 4.99. The van der Waals surface area contributed by atoms with Crippen molar-refractivity contribution in [3.63, 3.8) is 0 Å². The summed E-state index contributed by atoms with van der Waals surface area (Å²) >= 11 is 5.15. The predicted molar refractivity (Wildman–Crippen MR) is 64.7 cm³/mol. The van der Waals surface area contributed by atoms with E-state index in [1.165, 1.54) is 4.90 Å².